The maximum Gasteiger partial charge on any atom is 0.293 e. The van der Waals surface area contributed by atoms with Crippen LogP contribution in [0.1, 0.15) is 21.7 Å². The van der Waals surface area contributed by atoms with Crippen LogP contribution < -0.4 is 5.32 Å². The summed E-state index contributed by atoms with van der Waals surface area (Å²) in [5.74, 6) is -0.0288. The molecule has 0 radical (unpaired) electrons. The van der Waals surface area contributed by atoms with Gasteiger partial charge in [0.15, 0.2) is 0 Å². The van der Waals surface area contributed by atoms with Gasteiger partial charge in [-0.3, -0.25) is 14.9 Å². The molecular weight excluding hydrogens is 417 g/mol. The molecule has 10 heteroatoms. The number of nitrogens with zero attached hydrogens (tertiary/aromatic N) is 4. The van der Waals surface area contributed by atoms with Crippen LogP contribution in [0, 0.1) is 22.9 Å². The Labute approximate surface area is 183 Å². The number of carbonyl (C=O) groups is 1. The molecule has 0 spiro atoms. The molecular formula is C22H22FN5O4. The Balaban J connectivity index is 1.50. The largest absolute Gasteiger partial charge is 0.378 e. The smallest absolute Gasteiger partial charge is 0.293 e. The van der Waals surface area contributed by atoms with Gasteiger partial charge in [-0.05, 0) is 36.8 Å². The fourth-order valence-corrected chi connectivity index (χ4v) is 3.60. The molecule has 166 valence electrons. The minimum atomic E-state index is -0.538. The van der Waals surface area contributed by atoms with Crippen LogP contribution in [0.2, 0.25) is 0 Å². The number of rotatable bonds is 6. The van der Waals surface area contributed by atoms with Gasteiger partial charge in [-0.15, -0.1) is 0 Å². The molecule has 0 saturated carbocycles. The molecule has 32 heavy (non-hydrogen) atoms. The highest BCUT2D eigenvalue weighted by Gasteiger charge is 2.22. The van der Waals surface area contributed by atoms with E-state index < -0.39 is 10.7 Å². The zero-order valence-corrected chi connectivity index (χ0v) is 17.5. The summed E-state index contributed by atoms with van der Waals surface area (Å²) >= 11 is 0. The summed E-state index contributed by atoms with van der Waals surface area (Å²) in [5, 5.41) is 14.6. The predicted molar refractivity (Wildman–Crippen MR) is 115 cm³/mol. The van der Waals surface area contributed by atoms with E-state index in [0.717, 1.165) is 0 Å². The first-order valence-corrected chi connectivity index (χ1v) is 10.1. The molecule has 1 aromatic heterocycles. The minimum absolute atomic E-state index is 0.178. The van der Waals surface area contributed by atoms with Crippen LogP contribution in [0.25, 0.3) is 5.69 Å². The average molecular weight is 439 g/mol. The summed E-state index contributed by atoms with van der Waals surface area (Å²) < 4.78 is 21.5. The van der Waals surface area contributed by atoms with Crippen molar-refractivity contribution in [2.24, 2.45) is 0 Å². The van der Waals surface area contributed by atoms with Gasteiger partial charge in [0, 0.05) is 43.7 Å². The van der Waals surface area contributed by atoms with Crippen molar-refractivity contribution < 1.29 is 18.8 Å². The van der Waals surface area contributed by atoms with Gasteiger partial charge in [0.25, 0.3) is 11.6 Å². The van der Waals surface area contributed by atoms with E-state index in [1.54, 1.807) is 47.0 Å². The first-order valence-electron chi connectivity index (χ1n) is 10.1. The third kappa shape index (κ3) is 4.45. The standard InChI is InChI=1S/C22H22FN5O4/c1-15-24-6-7-27(15)20-5-2-16(12-18(20)23)14-25-19-4-3-17(13-21(19)28(30)31)22(29)26-8-10-32-11-9-26/h2-7,12-13,25H,8-11,14H2,1H3. The molecule has 0 atom stereocenters. The number of imidazole rings is 1. The topological polar surface area (TPSA) is 103 Å². The monoisotopic (exact) mass is 439 g/mol. The van der Waals surface area contributed by atoms with E-state index in [0.29, 0.717) is 43.4 Å². The molecule has 0 unspecified atom stereocenters. The van der Waals surface area contributed by atoms with Crippen molar-refractivity contribution in [3.63, 3.8) is 0 Å². The summed E-state index contributed by atoms with van der Waals surface area (Å²) in [5.41, 5.74) is 1.28. The molecule has 1 aliphatic rings. The van der Waals surface area contributed by atoms with Crippen LogP contribution in [0.15, 0.2) is 48.8 Å². The fourth-order valence-electron chi connectivity index (χ4n) is 3.60. The van der Waals surface area contributed by atoms with Gasteiger partial charge in [0.1, 0.15) is 17.3 Å². The number of nitrogens with one attached hydrogen (secondary N) is 1. The Hall–Kier alpha value is -3.79. The van der Waals surface area contributed by atoms with Crippen molar-refractivity contribution in [3.8, 4) is 5.69 Å². The number of carbonyl (C=O) groups excluding carboxylic acids is 1. The molecule has 0 bridgehead atoms. The van der Waals surface area contributed by atoms with Gasteiger partial charge in [-0.25, -0.2) is 9.37 Å². The number of nitro benzene ring substituents is 1. The van der Waals surface area contributed by atoms with Crippen molar-refractivity contribution in [2.75, 3.05) is 31.6 Å². The van der Waals surface area contributed by atoms with Gasteiger partial charge >= 0.3 is 0 Å². The summed E-state index contributed by atoms with van der Waals surface area (Å²) in [6, 6.07) is 9.09. The van der Waals surface area contributed by atoms with Crippen LogP contribution in [0.5, 0.6) is 0 Å². The second-order valence-corrected chi connectivity index (χ2v) is 7.38. The lowest BCUT2D eigenvalue weighted by molar-refractivity contribution is -0.384. The number of aryl methyl sites for hydroxylation is 1. The van der Waals surface area contributed by atoms with Crippen LogP contribution in [-0.2, 0) is 11.3 Å². The van der Waals surface area contributed by atoms with Crippen LogP contribution >= 0.6 is 0 Å². The zero-order valence-electron chi connectivity index (χ0n) is 17.5. The molecule has 1 aliphatic heterocycles. The summed E-state index contributed by atoms with van der Waals surface area (Å²) in [7, 11) is 0. The Morgan fingerprint density at radius 3 is 2.69 bits per heavy atom. The maximum atomic E-state index is 14.6. The van der Waals surface area contributed by atoms with Crippen LogP contribution in [-0.4, -0.2) is 51.6 Å². The van der Waals surface area contributed by atoms with E-state index in [4.69, 9.17) is 4.74 Å². The normalized spacial score (nSPS) is 13.8. The molecule has 1 amide bonds. The summed E-state index contributed by atoms with van der Waals surface area (Å²) in [6.07, 6.45) is 3.27. The number of aromatic nitrogens is 2. The Morgan fingerprint density at radius 2 is 2.03 bits per heavy atom. The molecule has 1 saturated heterocycles. The number of anilines is 1. The van der Waals surface area contributed by atoms with E-state index in [1.165, 1.54) is 18.2 Å². The number of nitro groups is 1. The number of hydrogen-bond acceptors (Lipinski definition) is 6. The molecule has 1 fully saturated rings. The third-order valence-corrected chi connectivity index (χ3v) is 5.32. The Bertz CT molecular complexity index is 1160. The van der Waals surface area contributed by atoms with Gasteiger partial charge in [-0.1, -0.05) is 6.07 Å². The molecule has 0 aliphatic carbocycles. The predicted octanol–water partition coefficient (Wildman–Crippen LogP) is 3.31. The lowest BCUT2D eigenvalue weighted by atomic mass is 10.1. The summed E-state index contributed by atoms with van der Waals surface area (Å²) in [6.45, 7) is 3.76. The Morgan fingerprint density at radius 1 is 1.25 bits per heavy atom. The minimum Gasteiger partial charge on any atom is -0.378 e. The number of halogens is 1. The highest BCUT2D eigenvalue weighted by atomic mass is 19.1. The average Bonchev–Trinajstić information content (AvgIpc) is 3.23. The molecule has 3 aromatic rings. The maximum absolute atomic E-state index is 14.6. The molecule has 1 N–H and O–H groups in total. The number of amides is 1. The van der Waals surface area contributed by atoms with E-state index in [9.17, 15) is 19.3 Å². The molecule has 4 rings (SSSR count). The SMILES string of the molecule is Cc1nccn1-c1ccc(CNc2ccc(C(=O)N3CCOCC3)cc2[N+](=O)[O-])cc1F. The summed E-state index contributed by atoms with van der Waals surface area (Å²) in [4.78, 5) is 29.4. The zero-order chi connectivity index (χ0) is 22.7. The highest BCUT2D eigenvalue weighted by molar-refractivity contribution is 5.95. The quantitative estimate of drug-likeness (QED) is 0.467. The first kappa shape index (κ1) is 21.4. The lowest BCUT2D eigenvalue weighted by Crippen LogP contribution is -2.40. The van der Waals surface area contributed by atoms with Crippen molar-refractivity contribution in [1.82, 2.24) is 14.5 Å². The number of morpholine rings is 1. The Kier molecular flexibility index (Phi) is 6.13. The van der Waals surface area contributed by atoms with E-state index in [-0.39, 0.29) is 29.4 Å². The first-order chi connectivity index (χ1) is 15.4. The third-order valence-electron chi connectivity index (χ3n) is 5.32. The van der Waals surface area contributed by atoms with E-state index in [1.807, 2.05) is 0 Å². The van der Waals surface area contributed by atoms with Crippen molar-refractivity contribution in [1.29, 1.82) is 0 Å². The van der Waals surface area contributed by atoms with E-state index >= 15 is 0 Å². The number of ether oxygens (including phenoxy) is 1. The van der Waals surface area contributed by atoms with Crippen LogP contribution in [0.4, 0.5) is 15.8 Å². The number of benzene rings is 2. The molecule has 2 heterocycles. The van der Waals surface area contributed by atoms with Gasteiger partial charge in [0.05, 0.1) is 23.8 Å². The second-order valence-electron chi connectivity index (χ2n) is 7.38. The van der Waals surface area contributed by atoms with Gasteiger partial charge in [-0.2, -0.15) is 0 Å². The van der Waals surface area contributed by atoms with Crippen molar-refractivity contribution >= 4 is 17.3 Å². The lowest BCUT2D eigenvalue weighted by Gasteiger charge is -2.26. The van der Waals surface area contributed by atoms with Gasteiger partial charge < -0.3 is 19.5 Å². The van der Waals surface area contributed by atoms with E-state index in [2.05, 4.69) is 10.3 Å². The van der Waals surface area contributed by atoms with Crippen LogP contribution in [0.3, 0.4) is 0 Å². The van der Waals surface area contributed by atoms with Crippen molar-refractivity contribution in [3.05, 3.63) is 81.7 Å². The second kappa shape index (κ2) is 9.15. The molecule has 2 aromatic carbocycles. The van der Waals surface area contributed by atoms with Gasteiger partial charge in [0.2, 0.25) is 0 Å². The number of hydrogen-bond donors (Lipinski definition) is 1. The molecule has 9 nitrogen and oxygen atoms in total. The highest BCUT2D eigenvalue weighted by Crippen LogP contribution is 2.27. The fraction of sp³-hybridized carbons (Fsp3) is 0.273. The van der Waals surface area contributed by atoms with Crippen molar-refractivity contribution in [2.45, 2.75) is 13.5 Å².